The Morgan fingerprint density at radius 1 is 0.867 bits per heavy atom. The highest BCUT2D eigenvalue weighted by molar-refractivity contribution is 5.46. The molecule has 0 unspecified atom stereocenters. The van der Waals surface area contributed by atoms with Gasteiger partial charge >= 0.3 is 0 Å². The highest BCUT2D eigenvalue weighted by atomic mass is 14.7. The summed E-state index contributed by atoms with van der Waals surface area (Å²) >= 11 is 0. The molecule has 0 aromatic carbocycles. The van der Waals surface area contributed by atoms with E-state index < -0.39 is 0 Å². The van der Waals surface area contributed by atoms with Gasteiger partial charge in [-0.1, -0.05) is 79.5 Å². The summed E-state index contributed by atoms with van der Waals surface area (Å²) in [5.41, 5.74) is 5.95. The summed E-state index contributed by atoms with van der Waals surface area (Å²) in [5, 5.41) is 0. The Labute approximate surface area is 187 Å². The normalized spacial score (nSPS) is 52.0. The molecule has 5 aliphatic carbocycles. The molecule has 5 rings (SSSR count). The van der Waals surface area contributed by atoms with Crippen LogP contribution in [0.15, 0.2) is 23.3 Å². The topological polar surface area (TPSA) is 0 Å². The standard InChI is InChI=1S/C30H48/c1-20(2)21-10-11-22-23-12-13-25-28(6)16-9-15-26(3,4)24(28)14-17-30(25,8)29(23,7)19-18-27(21,22)5/h12-13,20-21,24-25H,9-11,14-19H2,1-8H3/t21-,24+,25-,27-,28+,29-,30-/m1/s1. The van der Waals surface area contributed by atoms with Crippen molar-refractivity contribution in [3.05, 3.63) is 23.3 Å². The first-order chi connectivity index (χ1) is 13.9. The van der Waals surface area contributed by atoms with Crippen LogP contribution in [0.3, 0.4) is 0 Å². The third-order valence-electron chi connectivity index (χ3n) is 12.4. The minimum atomic E-state index is 0.378. The predicted octanol–water partition coefficient (Wildman–Crippen LogP) is 8.97. The van der Waals surface area contributed by atoms with Crippen LogP contribution in [0, 0.1) is 50.7 Å². The van der Waals surface area contributed by atoms with Gasteiger partial charge in [-0.15, -0.1) is 0 Å². The average Bonchev–Trinajstić information content (AvgIpc) is 2.99. The van der Waals surface area contributed by atoms with E-state index in [1.807, 2.05) is 5.57 Å². The first-order valence-corrected chi connectivity index (χ1v) is 13.3. The molecule has 5 aliphatic rings. The molecule has 3 saturated carbocycles. The second-order valence-electron chi connectivity index (χ2n) is 14.2. The quantitative estimate of drug-likeness (QED) is 0.406. The van der Waals surface area contributed by atoms with E-state index in [0.29, 0.717) is 27.1 Å². The van der Waals surface area contributed by atoms with Gasteiger partial charge in [0.15, 0.2) is 0 Å². The Balaban J connectivity index is 1.63. The number of hydrogen-bond donors (Lipinski definition) is 0. The van der Waals surface area contributed by atoms with E-state index in [4.69, 9.17) is 0 Å². The minimum Gasteiger partial charge on any atom is -0.0800 e. The zero-order valence-electron chi connectivity index (χ0n) is 21.3. The van der Waals surface area contributed by atoms with Crippen molar-refractivity contribution >= 4 is 0 Å². The fourth-order valence-electron chi connectivity index (χ4n) is 10.7. The van der Waals surface area contributed by atoms with E-state index in [-0.39, 0.29) is 0 Å². The van der Waals surface area contributed by atoms with Crippen LogP contribution >= 0.6 is 0 Å². The van der Waals surface area contributed by atoms with Gasteiger partial charge in [0.25, 0.3) is 0 Å². The summed E-state index contributed by atoms with van der Waals surface area (Å²) in [6.45, 7) is 20.9. The van der Waals surface area contributed by atoms with Crippen molar-refractivity contribution in [1.29, 1.82) is 0 Å². The van der Waals surface area contributed by atoms with Crippen molar-refractivity contribution in [1.82, 2.24) is 0 Å². The highest BCUT2D eigenvalue weighted by Gasteiger charge is 2.65. The maximum atomic E-state index is 2.76. The van der Waals surface area contributed by atoms with Gasteiger partial charge < -0.3 is 0 Å². The number of allylic oxidation sites excluding steroid dienone is 4. The van der Waals surface area contributed by atoms with Crippen molar-refractivity contribution in [2.45, 2.75) is 113 Å². The Bertz CT molecular complexity index is 795. The molecule has 0 spiro atoms. The van der Waals surface area contributed by atoms with Crippen molar-refractivity contribution in [3.63, 3.8) is 0 Å². The second kappa shape index (κ2) is 6.29. The molecule has 7 atom stereocenters. The van der Waals surface area contributed by atoms with Crippen LogP contribution < -0.4 is 0 Å². The fourth-order valence-corrected chi connectivity index (χ4v) is 10.7. The molecule has 0 heterocycles. The predicted molar refractivity (Wildman–Crippen MR) is 129 cm³/mol. The molecule has 3 fully saturated rings. The Kier molecular flexibility index (Phi) is 4.47. The summed E-state index contributed by atoms with van der Waals surface area (Å²) in [6, 6.07) is 0. The molecule has 0 radical (unpaired) electrons. The molecular formula is C30H48. The summed E-state index contributed by atoms with van der Waals surface area (Å²) < 4.78 is 0. The van der Waals surface area contributed by atoms with Crippen LogP contribution in [0.2, 0.25) is 0 Å². The van der Waals surface area contributed by atoms with Gasteiger partial charge in [0, 0.05) is 0 Å². The maximum Gasteiger partial charge on any atom is -0.00157 e. The van der Waals surface area contributed by atoms with Crippen LogP contribution in [-0.4, -0.2) is 0 Å². The Morgan fingerprint density at radius 2 is 1.60 bits per heavy atom. The summed E-state index contributed by atoms with van der Waals surface area (Å²) in [6.07, 6.45) is 18.3. The van der Waals surface area contributed by atoms with Crippen molar-refractivity contribution in [3.8, 4) is 0 Å². The van der Waals surface area contributed by atoms with Gasteiger partial charge in [0.05, 0.1) is 0 Å². The number of fused-ring (bicyclic) bond motifs is 6. The molecule has 0 nitrogen and oxygen atoms in total. The molecule has 0 aliphatic heterocycles. The van der Waals surface area contributed by atoms with Crippen molar-refractivity contribution in [2.75, 3.05) is 0 Å². The summed E-state index contributed by atoms with van der Waals surface area (Å²) in [4.78, 5) is 0. The molecule has 168 valence electrons. The SMILES string of the molecule is CC(C)[C@H]1CCC2=C3C=C[C@@H]4[C@@]5(C)CCCC(C)(C)[C@@H]5CC[C@@]4(C)[C@]3(C)CC[C@@]21C. The van der Waals surface area contributed by atoms with E-state index in [9.17, 15) is 0 Å². The van der Waals surface area contributed by atoms with Gasteiger partial charge in [-0.2, -0.15) is 0 Å². The lowest BCUT2D eigenvalue weighted by Gasteiger charge is -2.68. The summed E-state index contributed by atoms with van der Waals surface area (Å²) in [7, 11) is 0. The maximum absolute atomic E-state index is 2.76. The molecule has 0 aromatic rings. The Hall–Kier alpha value is -0.520. The zero-order valence-corrected chi connectivity index (χ0v) is 21.3. The highest BCUT2D eigenvalue weighted by Crippen LogP contribution is 2.74. The van der Waals surface area contributed by atoms with Crippen molar-refractivity contribution < 1.29 is 0 Å². The first-order valence-electron chi connectivity index (χ1n) is 13.3. The Morgan fingerprint density at radius 3 is 2.30 bits per heavy atom. The van der Waals surface area contributed by atoms with E-state index in [1.165, 1.54) is 57.8 Å². The smallest absolute Gasteiger partial charge is 0.00157 e. The van der Waals surface area contributed by atoms with Crippen LogP contribution in [0.5, 0.6) is 0 Å². The molecule has 0 bridgehead atoms. The molecule has 0 heteroatoms. The van der Waals surface area contributed by atoms with E-state index in [1.54, 1.807) is 5.57 Å². The van der Waals surface area contributed by atoms with Crippen LogP contribution in [0.1, 0.15) is 113 Å². The van der Waals surface area contributed by atoms with E-state index >= 15 is 0 Å². The third kappa shape index (κ3) is 2.41. The third-order valence-corrected chi connectivity index (χ3v) is 12.4. The summed E-state index contributed by atoms with van der Waals surface area (Å²) in [5.74, 6) is 3.34. The molecule has 0 aromatic heterocycles. The lowest BCUT2D eigenvalue weighted by Crippen LogP contribution is -2.60. The average molecular weight is 409 g/mol. The molecule has 0 saturated heterocycles. The second-order valence-corrected chi connectivity index (χ2v) is 14.2. The van der Waals surface area contributed by atoms with Gasteiger partial charge in [-0.25, -0.2) is 0 Å². The number of rotatable bonds is 1. The minimum absolute atomic E-state index is 0.378. The fraction of sp³-hybridized carbons (Fsp3) is 0.867. The van der Waals surface area contributed by atoms with Crippen LogP contribution in [0.4, 0.5) is 0 Å². The van der Waals surface area contributed by atoms with Gasteiger partial charge in [-0.3, -0.25) is 0 Å². The zero-order chi connectivity index (χ0) is 21.7. The monoisotopic (exact) mass is 408 g/mol. The number of hydrogen-bond acceptors (Lipinski definition) is 0. The first kappa shape index (κ1) is 21.3. The molecular weight excluding hydrogens is 360 g/mol. The van der Waals surface area contributed by atoms with E-state index in [2.05, 4.69) is 67.5 Å². The lowest BCUT2D eigenvalue weighted by molar-refractivity contribution is -0.150. The van der Waals surface area contributed by atoms with Gasteiger partial charge in [-0.05, 0) is 108 Å². The van der Waals surface area contributed by atoms with Crippen molar-refractivity contribution in [2.24, 2.45) is 50.7 Å². The molecule has 0 N–H and O–H groups in total. The van der Waals surface area contributed by atoms with Crippen LogP contribution in [0.25, 0.3) is 0 Å². The van der Waals surface area contributed by atoms with Gasteiger partial charge in [0.2, 0.25) is 0 Å². The van der Waals surface area contributed by atoms with Gasteiger partial charge in [0.1, 0.15) is 0 Å². The molecule has 30 heavy (non-hydrogen) atoms. The van der Waals surface area contributed by atoms with Crippen LogP contribution in [-0.2, 0) is 0 Å². The lowest BCUT2D eigenvalue weighted by atomic mass is 9.36. The largest absolute Gasteiger partial charge is 0.0800 e. The molecule has 0 amide bonds. The van der Waals surface area contributed by atoms with E-state index in [0.717, 1.165) is 23.7 Å².